The third kappa shape index (κ3) is 4.52. The van der Waals surface area contributed by atoms with E-state index in [9.17, 15) is 14.3 Å². The third-order valence-electron chi connectivity index (χ3n) is 3.39. The topological polar surface area (TPSA) is 66.6 Å². The van der Waals surface area contributed by atoms with Crippen LogP contribution in [0.25, 0.3) is 0 Å². The maximum absolute atomic E-state index is 12.8. The van der Waals surface area contributed by atoms with Crippen LogP contribution in [0.2, 0.25) is 0 Å². The van der Waals surface area contributed by atoms with Crippen LogP contribution in [0.1, 0.15) is 26.3 Å². The second-order valence-electron chi connectivity index (χ2n) is 5.54. The van der Waals surface area contributed by atoms with Crippen LogP contribution in [0.4, 0.5) is 9.18 Å². The van der Waals surface area contributed by atoms with Gasteiger partial charge in [-0.15, -0.1) is 0 Å². The molecule has 3 N–H and O–H groups in total. The van der Waals surface area contributed by atoms with Crippen molar-refractivity contribution in [1.82, 2.24) is 4.90 Å². The fourth-order valence-corrected chi connectivity index (χ4v) is 1.64. The summed E-state index contributed by atoms with van der Waals surface area (Å²) >= 11 is 0. The first kappa shape index (κ1) is 15.4. The quantitative estimate of drug-likeness (QED) is 0.862. The molecule has 0 aliphatic rings. The zero-order valence-corrected chi connectivity index (χ0v) is 11.6. The SMILES string of the molecule is CC(N)C(C)(C)CN(Cc1ccc(F)cc1)C(=O)O. The molecule has 4 nitrogen and oxygen atoms in total. The molecule has 1 unspecified atom stereocenters. The molecule has 0 fully saturated rings. The summed E-state index contributed by atoms with van der Waals surface area (Å²) in [5.41, 5.74) is 6.30. The summed E-state index contributed by atoms with van der Waals surface area (Å²) in [6.07, 6.45) is -1.00. The van der Waals surface area contributed by atoms with Crippen LogP contribution in [0.5, 0.6) is 0 Å². The van der Waals surface area contributed by atoms with Gasteiger partial charge in [-0.3, -0.25) is 0 Å². The fraction of sp³-hybridized carbons (Fsp3) is 0.500. The molecule has 0 spiro atoms. The third-order valence-corrected chi connectivity index (χ3v) is 3.39. The van der Waals surface area contributed by atoms with Crippen LogP contribution in [0.15, 0.2) is 24.3 Å². The maximum atomic E-state index is 12.8. The van der Waals surface area contributed by atoms with Gasteiger partial charge in [0.15, 0.2) is 0 Å². The Labute approximate surface area is 113 Å². The molecule has 0 aliphatic carbocycles. The minimum atomic E-state index is -1.00. The van der Waals surface area contributed by atoms with E-state index in [-0.39, 0.29) is 23.8 Å². The molecule has 1 atom stereocenters. The van der Waals surface area contributed by atoms with Gasteiger partial charge >= 0.3 is 6.09 Å². The van der Waals surface area contributed by atoms with E-state index in [4.69, 9.17) is 5.73 Å². The van der Waals surface area contributed by atoms with E-state index in [1.807, 2.05) is 20.8 Å². The van der Waals surface area contributed by atoms with Crippen LogP contribution in [-0.2, 0) is 6.54 Å². The lowest BCUT2D eigenvalue weighted by atomic mass is 9.85. The van der Waals surface area contributed by atoms with Crippen LogP contribution >= 0.6 is 0 Å². The van der Waals surface area contributed by atoms with E-state index in [2.05, 4.69) is 0 Å². The van der Waals surface area contributed by atoms with Crippen LogP contribution < -0.4 is 5.73 Å². The predicted molar refractivity (Wildman–Crippen MR) is 72.3 cm³/mol. The molecule has 0 heterocycles. The number of nitrogens with two attached hydrogens (primary N) is 1. The highest BCUT2D eigenvalue weighted by Gasteiger charge is 2.28. The number of rotatable bonds is 5. The van der Waals surface area contributed by atoms with Crippen molar-refractivity contribution >= 4 is 6.09 Å². The summed E-state index contributed by atoms with van der Waals surface area (Å²) in [6.45, 7) is 6.28. The normalized spacial score (nSPS) is 13.1. The Bertz CT molecular complexity index is 430. The molecule has 1 rings (SSSR count). The molecule has 0 saturated carbocycles. The fourth-order valence-electron chi connectivity index (χ4n) is 1.64. The molecule has 0 bridgehead atoms. The van der Waals surface area contributed by atoms with E-state index in [0.717, 1.165) is 5.56 Å². The van der Waals surface area contributed by atoms with Crippen LogP contribution in [0, 0.1) is 11.2 Å². The number of benzene rings is 1. The van der Waals surface area contributed by atoms with E-state index in [1.54, 1.807) is 12.1 Å². The summed E-state index contributed by atoms with van der Waals surface area (Å²) in [6, 6.07) is 5.70. The smallest absolute Gasteiger partial charge is 0.407 e. The first-order valence-corrected chi connectivity index (χ1v) is 6.20. The Morgan fingerprint density at radius 3 is 2.37 bits per heavy atom. The number of hydrogen-bond donors (Lipinski definition) is 2. The number of amides is 1. The lowest BCUT2D eigenvalue weighted by molar-refractivity contribution is 0.112. The van der Waals surface area contributed by atoms with Gasteiger partial charge in [0.1, 0.15) is 5.82 Å². The van der Waals surface area contributed by atoms with Crippen molar-refractivity contribution in [2.24, 2.45) is 11.1 Å². The van der Waals surface area contributed by atoms with Crippen LogP contribution in [-0.4, -0.2) is 28.7 Å². The largest absolute Gasteiger partial charge is 0.465 e. The van der Waals surface area contributed by atoms with Gasteiger partial charge in [0.25, 0.3) is 0 Å². The predicted octanol–water partition coefficient (Wildman–Crippen LogP) is 2.68. The Hall–Kier alpha value is -1.62. The van der Waals surface area contributed by atoms with Gasteiger partial charge in [-0.2, -0.15) is 0 Å². The first-order valence-electron chi connectivity index (χ1n) is 6.20. The Morgan fingerprint density at radius 2 is 1.95 bits per heavy atom. The highest BCUT2D eigenvalue weighted by molar-refractivity contribution is 5.65. The van der Waals surface area contributed by atoms with Gasteiger partial charge in [0.05, 0.1) is 0 Å². The average molecular weight is 268 g/mol. The minimum absolute atomic E-state index is 0.123. The van der Waals surface area contributed by atoms with Crippen molar-refractivity contribution < 1.29 is 14.3 Å². The molecule has 1 aromatic carbocycles. The van der Waals surface area contributed by atoms with Gasteiger partial charge in [0, 0.05) is 19.1 Å². The molecule has 1 amide bonds. The number of carboxylic acid groups (broad SMARTS) is 1. The minimum Gasteiger partial charge on any atom is -0.465 e. The molecule has 0 aromatic heterocycles. The lowest BCUT2D eigenvalue weighted by Crippen LogP contribution is -2.45. The Kier molecular flexibility index (Phi) is 4.89. The zero-order chi connectivity index (χ0) is 14.6. The van der Waals surface area contributed by atoms with Gasteiger partial charge in [-0.1, -0.05) is 26.0 Å². The van der Waals surface area contributed by atoms with Crippen molar-refractivity contribution in [1.29, 1.82) is 0 Å². The van der Waals surface area contributed by atoms with Crippen molar-refractivity contribution in [2.75, 3.05) is 6.54 Å². The number of nitrogens with zero attached hydrogens (tertiary/aromatic N) is 1. The van der Waals surface area contributed by atoms with E-state index in [1.165, 1.54) is 17.0 Å². The summed E-state index contributed by atoms with van der Waals surface area (Å²) in [5, 5.41) is 9.25. The summed E-state index contributed by atoms with van der Waals surface area (Å²) in [5.74, 6) is -0.332. The van der Waals surface area contributed by atoms with Crippen molar-refractivity contribution in [3.63, 3.8) is 0 Å². The second kappa shape index (κ2) is 6.02. The average Bonchev–Trinajstić information content (AvgIpc) is 2.30. The standard InChI is InChI=1S/C14H21FN2O2/c1-10(16)14(2,3)9-17(13(18)19)8-11-4-6-12(15)7-5-11/h4-7,10H,8-9,16H2,1-3H3,(H,18,19). The highest BCUT2D eigenvalue weighted by Crippen LogP contribution is 2.22. The van der Waals surface area contributed by atoms with Gasteiger partial charge in [0.2, 0.25) is 0 Å². The molecule has 0 radical (unpaired) electrons. The van der Waals surface area contributed by atoms with Gasteiger partial charge in [-0.25, -0.2) is 9.18 Å². The molecule has 5 heteroatoms. The Balaban J connectivity index is 2.79. The Morgan fingerprint density at radius 1 is 1.42 bits per heavy atom. The summed E-state index contributed by atoms with van der Waals surface area (Å²) < 4.78 is 12.8. The maximum Gasteiger partial charge on any atom is 0.407 e. The number of carbonyl (C=O) groups is 1. The van der Waals surface area contributed by atoms with E-state index < -0.39 is 6.09 Å². The van der Waals surface area contributed by atoms with Crippen molar-refractivity contribution in [3.05, 3.63) is 35.6 Å². The highest BCUT2D eigenvalue weighted by atomic mass is 19.1. The molecule has 1 aromatic rings. The van der Waals surface area contributed by atoms with Crippen LogP contribution in [0.3, 0.4) is 0 Å². The van der Waals surface area contributed by atoms with E-state index in [0.29, 0.717) is 6.54 Å². The van der Waals surface area contributed by atoms with Crippen molar-refractivity contribution in [2.45, 2.75) is 33.4 Å². The monoisotopic (exact) mass is 268 g/mol. The van der Waals surface area contributed by atoms with Gasteiger partial charge in [-0.05, 0) is 30.0 Å². The molecule has 19 heavy (non-hydrogen) atoms. The van der Waals surface area contributed by atoms with Crippen molar-refractivity contribution in [3.8, 4) is 0 Å². The number of halogens is 1. The summed E-state index contributed by atoms with van der Waals surface area (Å²) in [7, 11) is 0. The first-order chi connectivity index (χ1) is 8.72. The second-order valence-corrected chi connectivity index (χ2v) is 5.54. The summed E-state index contributed by atoms with van der Waals surface area (Å²) in [4.78, 5) is 12.6. The van der Waals surface area contributed by atoms with Gasteiger partial charge < -0.3 is 15.7 Å². The molecular weight excluding hydrogens is 247 g/mol. The zero-order valence-electron chi connectivity index (χ0n) is 11.6. The molecule has 0 aliphatic heterocycles. The molecule has 106 valence electrons. The number of hydrogen-bond acceptors (Lipinski definition) is 2. The van der Waals surface area contributed by atoms with E-state index >= 15 is 0 Å². The lowest BCUT2D eigenvalue weighted by Gasteiger charge is -2.34. The molecular formula is C14H21FN2O2. The molecule has 0 saturated heterocycles.